The molecule has 12 nitrogen and oxygen atoms in total. The third-order valence-electron chi connectivity index (χ3n) is 23.2. The molecule has 0 amide bonds. The molecule has 4 saturated carbocycles. The Labute approximate surface area is 390 Å². The zero-order valence-electron chi connectivity index (χ0n) is 40.6. The van der Waals surface area contributed by atoms with E-state index in [9.17, 15) is 30.6 Å². The van der Waals surface area contributed by atoms with E-state index in [2.05, 4.69) is 46.8 Å². The fraction of sp³-hybridized carbons (Fsp3) is 0.852. The van der Waals surface area contributed by atoms with Crippen LogP contribution in [0.3, 0.4) is 0 Å². The van der Waals surface area contributed by atoms with Gasteiger partial charge in [0, 0.05) is 41.4 Å². The lowest BCUT2D eigenvalue weighted by Gasteiger charge is -2.61. The number of nitrogens with zero attached hydrogens (tertiary/aromatic N) is 2. The maximum absolute atomic E-state index is 12.9. The van der Waals surface area contributed by atoms with Gasteiger partial charge in [0.2, 0.25) is 5.79 Å². The Morgan fingerprint density at radius 3 is 1.85 bits per heavy atom. The number of aliphatic hydroxyl groups excluding tert-OH is 5. The average molecular weight is 913 g/mol. The van der Waals surface area contributed by atoms with E-state index in [1.807, 2.05) is 13.8 Å². The highest BCUT2D eigenvalue weighted by Gasteiger charge is 2.79. The maximum Gasteiger partial charge on any atom is 0.201 e. The molecule has 0 aromatic carbocycles. The molecule has 2 spiro atoms. The molecular weight excluding hydrogens is 837 g/mol. The second kappa shape index (κ2) is 13.4. The summed E-state index contributed by atoms with van der Waals surface area (Å²) in [5.74, 6) is -1.02. The predicted octanol–water partition coefficient (Wildman–Crippen LogP) is 5.30. The summed E-state index contributed by atoms with van der Waals surface area (Å²) >= 11 is 0. The average Bonchev–Trinajstić information content (AvgIpc) is 4.03. The Balaban J connectivity index is 0.773. The summed E-state index contributed by atoms with van der Waals surface area (Å²) < 4.78 is 26.6. The summed E-state index contributed by atoms with van der Waals surface area (Å²) in [7, 11) is 0. The summed E-state index contributed by atoms with van der Waals surface area (Å²) in [5.41, 5.74) is 2.28. The lowest BCUT2D eigenvalue weighted by molar-refractivity contribution is -0.280. The van der Waals surface area contributed by atoms with Gasteiger partial charge in [-0.2, -0.15) is 0 Å². The molecule has 8 aliphatic carbocycles. The van der Waals surface area contributed by atoms with Gasteiger partial charge < -0.3 is 49.6 Å². The topological polar surface area (TPSA) is 184 Å². The molecule has 12 aliphatic rings. The van der Waals surface area contributed by atoms with Gasteiger partial charge in [-0.3, -0.25) is 9.97 Å². The van der Waals surface area contributed by atoms with Crippen molar-refractivity contribution in [3.8, 4) is 0 Å². The number of aliphatic hydroxyl groups is 6. The van der Waals surface area contributed by atoms with Gasteiger partial charge in [0.15, 0.2) is 5.79 Å². The number of aromatic nitrogens is 2. The summed E-state index contributed by atoms with van der Waals surface area (Å²) in [4.78, 5) is 11.2. The first-order valence-electron chi connectivity index (χ1n) is 26.1. The lowest BCUT2D eigenvalue weighted by atomic mass is 9.44. The van der Waals surface area contributed by atoms with E-state index in [1.165, 1.54) is 5.57 Å². The van der Waals surface area contributed by atoms with Crippen molar-refractivity contribution in [1.82, 2.24) is 9.97 Å². The second-order valence-electron chi connectivity index (χ2n) is 26.2. The van der Waals surface area contributed by atoms with Crippen LogP contribution in [0.5, 0.6) is 0 Å². The molecule has 5 heterocycles. The molecule has 4 aliphatic heterocycles. The minimum absolute atomic E-state index is 0.0163. The zero-order chi connectivity index (χ0) is 46.3. The molecule has 13 rings (SSSR count). The third kappa shape index (κ3) is 5.02. The van der Waals surface area contributed by atoms with E-state index in [0.29, 0.717) is 24.7 Å². The molecule has 66 heavy (non-hydrogen) atoms. The minimum atomic E-state index is -1.49. The van der Waals surface area contributed by atoms with Crippen molar-refractivity contribution in [3.05, 3.63) is 46.1 Å². The number of rotatable bonds is 2. The van der Waals surface area contributed by atoms with Gasteiger partial charge in [-0.05, 0) is 138 Å². The van der Waals surface area contributed by atoms with Crippen molar-refractivity contribution in [2.75, 3.05) is 13.2 Å². The molecule has 1 aromatic heterocycles. The quantitative estimate of drug-likeness (QED) is 0.211. The van der Waals surface area contributed by atoms with Crippen molar-refractivity contribution >= 4 is 0 Å². The number of hydrogen-bond donors (Lipinski definition) is 6. The molecule has 362 valence electrons. The molecule has 1 aromatic rings. The molecule has 0 radical (unpaired) electrons. The van der Waals surface area contributed by atoms with Crippen LogP contribution in [-0.4, -0.2) is 113 Å². The third-order valence-corrected chi connectivity index (χ3v) is 23.2. The molecule has 22 atom stereocenters. The fourth-order valence-corrected chi connectivity index (χ4v) is 19.5. The fourth-order valence-electron chi connectivity index (χ4n) is 19.5. The van der Waals surface area contributed by atoms with E-state index < -0.39 is 63.9 Å². The molecule has 4 saturated heterocycles. The summed E-state index contributed by atoms with van der Waals surface area (Å²) in [5, 5.41) is 70.9. The Bertz CT molecular complexity index is 2340. The van der Waals surface area contributed by atoms with Crippen LogP contribution in [0.15, 0.2) is 23.3 Å². The van der Waals surface area contributed by atoms with Gasteiger partial charge in [0.05, 0.1) is 65.5 Å². The van der Waals surface area contributed by atoms with Crippen LogP contribution in [0.25, 0.3) is 0 Å². The van der Waals surface area contributed by atoms with Crippen molar-refractivity contribution in [3.63, 3.8) is 0 Å². The van der Waals surface area contributed by atoms with E-state index in [1.54, 1.807) is 6.92 Å². The Morgan fingerprint density at radius 2 is 1.29 bits per heavy atom. The molecule has 12 heteroatoms. The van der Waals surface area contributed by atoms with Crippen LogP contribution in [0.2, 0.25) is 0 Å². The monoisotopic (exact) mass is 913 g/mol. The Hall–Kier alpha value is -1.84. The SMILES string of the molecule is CC1[C@@H]2[C@@H](C=C3C4CCC5Cc6nc7c(nc6C[C@@]5(C)C4C[C@H](O)[C@]32CO)CC2CCC3C4=C[C@H]5O[C@@]6(O[C@@](C)(CO)C[C@@H]6O)C(C)[C@@]5(O)[C@]4(C)[C@@H](O)CC3[C@]2(C)C7)O[C@]12CCC(C)(C)O2. The Morgan fingerprint density at radius 1 is 0.682 bits per heavy atom. The van der Waals surface area contributed by atoms with Crippen LogP contribution < -0.4 is 0 Å². The van der Waals surface area contributed by atoms with E-state index >= 15 is 0 Å². The summed E-state index contributed by atoms with van der Waals surface area (Å²) in [6, 6.07) is 0. The first-order valence-corrected chi connectivity index (χ1v) is 26.1. The van der Waals surface area contributed by atoms with Crippen LogP contribution in [0.4, 0.5) is 0 Å². The molecule has 8 unspecified atom stereocenters. The van der Waals surface area contributed by atoms with Gasteiger partial charge in [-0.25, -0.2) is 0 Å². The highest BCUT2D eigenvalue weighted by molar-refractivity contribution is 5.44. The van der Waals surface area contributed by atoms with Crippen LogP contribution >= 0.6 is 0 Å². The van der Waals surface area contributed by atoms with E-state index in [-0.39, 0.29) is 77.7 Å². The van der Waals surface area contributed by atoms with Crippen molar-refractivity contribution < 1.29 is 49.6 Å². The summed E-state index contributed by atoms with van der Waals surface area (Å²) in [6.07, 6.45) is 11.7. The molecular formula is C54H76N2O10. The Kier molecular flexibility index (Phi) is 8.93. The van der Waals surface area contributed by atoms with E-state index in [4.69, 9.17) is 28.9 Å². The van der Waals surface area contributed by atoms with Gasteiger partial charge in [-0.1, -0.05) is 57.9 Å². The highest BCUT2D eigenvalue weighted by atomic mass is 16.7. The molecule has 8 fully saturated rings. The molecule has 6 N–H and O–H groups in total. The van der Waals surface area contributed by atoms with E-state index in [0.717, 1.165) is 92.6 Å². The van der Waals surface area contributed by atoms with Gasteiger partial charge >= 0.3 is 0 Å². The second-order valence-corrected chi connectivity index (χ2v) is 26.2. The van der Waals surface area contributed by atoms with Gasteiger partial charge in [0.1, 0.15) is 17.8 Å². The molecule has 0 bridgehead atoms. The largest absolute Gasteiger partial charge is 0.395 e. The van der Waals surface area contributed by atoms with Crippen molar-refractivity contribution in [2.24, 2.45) is 74.9 Å². The standard InChI is InChI=1S/C54H76N2O10/c1-26-45-40(63-52(26)14-13-46(3,4)65-52)17-35-31-12-10-29-16-37-39(22-49(29,7)33(31)19-42(60)51(35,45)25-58)56-36-15-28-9-11-30-32(48(28,6)21-38(36)55-37)18-41(59)50(8)34(30)20-44-53(50,62)27(2)54(64-44)43(61)23-47(5,24-57)66-54/h17,20,26-33,40-45,57-62H,9-16,18-19,21-25H2,1-8H3/t26?,27?,28?,29?,30?,31?,32?,33?,40-,41+,42+,43+,44-,45-,47-,48-,49-,50+,51+,52+,53+,54-/m1/s1. The highest BCUT2D eigenvalue weighted by Crippen LogP contribution is 2.73. The van der Waals surface area contributed by atoms with Gasteiger partial charge in [-0.15, -0.1) is 0 Å². The van der Waals surface area contributed by atoms with Crippen molar-refractivity contribution in [1.29, 1.82) is 0 Å². The normalized spacial score (nSPS) is 57.7. The zero-order valence-corrected chi connectivity index (χ0v) is 40.6. The van der Waals surface area contributed by atoms with Crippen molar-refractivity contribution in [2.45, 2.75) is 198 Å². The summed E-state index contributed by atoms with van der Waals surface area (Å²) in [6.45, 7) is 16.7. The maximum atomic E-state index is 12.9. The first-order chi connectivity index (χ1) is 31.1. The predicted molar refractivity (Wildman–Crippen MR) is 241 cm³/mol. The van der Waals surface area contributed by atoms with Crippen LogP contribution in [-0.2, 0) is 44.6 Å². The number of hydrogen-bond acceptors (Lipinski definition) is 12. The minimum Gasteiger partial charge on any atom is -0.395 e. The first kappa shape index (κ1) is 44.1. The van der Waals surface area contributed by atoms with Crippen LogP contribution in [0, 0.1) is 74.9 Å². The number of ether oxygens (including phenoxy) is 4. The smallest absolute Gasteiger partial charge is 0.201 e. The van der Waals surface area contributed by atoms with Crippen LogP contribution in [0.1, 0.15) is 136 Å². The number of fused-ring (bicyclic) bond motifs is 16. The lowest BCUT2D eigenvalue weighted by Crippen LogP contribution is -2.65. The van der Waals surface area contributed by atoms with Gasteiger partial charge in [0.25, 0.3) is 0 Å².